The summed E-state index contributed by atoms with van der Waals surface area (Å²) in [6.45, 7) is 3.32. The fraction of sp³-hybridized carbons (Fsp3) is 0.375. The summed E-state index contributed by atoms with van der Waals surface area (Å²) in [5, 5.41) is 11.1. The van der Waals surface area contributed by atoms with E-state index in [1.54, 1.807) is 13.8 Å². The first-order valence-electron chi connectivity index (χ1n) is 7.77. The second-order valence-corrected chi connectivity index (χ2v) is 6.19. The Bertz CT molecular complexity index is 831. The predicted octanol–water partition coefficient (Wildman–Crippen LogP) is 1.12. The molecule has 2 aliphatic heterocycles. The standard InChI is InChI=1S/C16H15N3O6/c1-8(2)17-12(20)7-6-11(15(17)22)18-14(21)9-4-3-5-10(19(24)25)13(9)16(18)23/h3-5,8,11H,6-7H2,1-2H3. The second kappa shape index (κ2) is 5.76. The van der Waals surface area contributed by atoms with Crippen molar-refractivity contribution >= 4 is 29.3 Å². The SMILES string of the molecule is CC(C)N1C(=O)CCC(N2C(=O)c3cccc([N+](=O)[O-])c3C2=O)C1=O. The van der Waals surface area contributed by atoms with Crippen LogP contribution in [0.25, 0.3) is 0 Å². The quantitative estimate of drug-likeness (QED) is 0.460. The molecule has 0 spiro atoms. The van der Waals surface area contributed by atoms with E-state index >= 15 is 0 Å². The molecule has 1 atom stereocenters. The highest BCUT2D eigenvalue weighted by atomic mass is 16.6. The van der Waals surface area contributed by atoms with Gasteiger partial charge in [-0.3, -0.25) is 39.1 Å². The number of benzene rings is 1. The number of carbonyl (C=O) groups is 4. The Morgan fingerprint density at radius 2 is 1.84 bits per heavy atom. The van der Waals surface area contributed by atoms with E-state index in [9.17, 15) is 29.3 Å². The molecule has 0 radical (unpaired) electrons. The third-order valence-electron chi connectivity index (χ3n) is 4.37. The number of nitro benzene ring substituents is 1. The van der Waals surface area contributed by atoms with Gasteiger partial charge >= 0.3 is 0 Å². The summed E-state index contributed by atoms with van der Waals surface area (Å²) in [6.07, 6.45) is 0.0320. The van der Waals surface area contributed by atoms with Crippen molar-refractivity contribution in [1.82, 2.24) is 9.80 Å². The summed E-state index contributed by atoms with van der Waals surface area (Å²) in [5.41, 5.74) is -0.878. The van der Waals surface area contributed by atoms with Crippen molar-refractivity contribution in [3.63, 3.8) is 0 Å². The molecule has 2 heterocycles. The van der Waals surface area contributed by atoms with Crippen LogP contribution in [0.1, 0.15) is 47.4 Å². The maximum atomic E-state index is 12.7. The van der Waals surface area contributed by atoms with Gasteiger partial charge in [-0.25, -0.2) is 0 Å². The van der Waals surface area contributed by atoms with Gasteiger partial charge in [-0.15, -0.1) is 0 Å². The molecule has 130 valence electrons. The lowest BCUT2D eigenvalue weighted by Gasteiger charge is -2.36. The Morgan fingerprint density at radius 1 is 1.16 bits per heavy atom. The fourth-order valence-electron chi connectivity index (χ4n) is 3.29. The summed E-state index contributed by atoms with van der Waals surface area (Å²) >= 11 is 0. The van der Waals surface area contributed by atoms with Crippen LogP contribution in [0.2, 0.25) is 0 Å². The first kappa shape index (κ1) is 16.7. The molecule has 9 nitrogen and oxygen atoms in total. The molecule has 0 aromatic heterocycles. The molecule has 1 aromatic rings. The minimum Gasteiger partial charge on any atom is -0.278 e. The van der Waals surface area contributed by atoms with Crippen molar-refractivity contribution in [3.8, 4) is 0 Å². The molecular weight excluding hydrogens is 330 g/mol. The molecule has 1 fully saturated rings. The Labute approximate surface area is 142 Å². The molecule has 1 saturated heterocycles. The van der Waals surface area contributed by atoms with Crippen molar-refractivity contribution in [2.45, 2.75) is 38.8 Å². The fourth-order valence-corrected chi connectivity index (χ4v) is 3.29. The molecule has 0 aliphatic carbocycles. The van der Waals surface area contributed by atoms with Crippen LogP contribution in [0.4, 0.5) is 5.69 Å². The van der Waals surface area contributed by atoms with Gasteiger partial charge in [0.15, 0.2) is 0 Å². The average Bonchev–Trinajstić information content (AvgIpc) is 2.79. The highest BCUT2D eigenvalue weighted by molar-refractivity contribution is 6.25. The monoisotopic (exact) mass is 345 g/mol. The van der Waals surface area contributed by atoms with E-state index < -0.39 is 40.4 Å². The number of fused-ring (bicyclic) bond motifs is 1. The smallest absolute Gasteiger partial charge is 0.278 e. The number of amides is 4. The summed E-state index contributed by atoms with van der Waals surface area (Å²) in [6, 6.07) is 2.24. The van der Waals surface area contributed by atoms with E-state index in [1.165, 1.54) is 12.1 Å². The van der Waals surface area contributed by atoms with Gasteiger partial charge in [0.05, 0.1) is 10.5 Å². The topological polar surface area (TPSA) is 118 Å². The summed E-state index contributed by atoms with van der Waals surface area (Å²) < 4.78 is 0. The molecule has 0 N–H and O–H groups in total. The van der Waals surface area contributed by atoms with Gasteiger partial charge < -0.3 is 0 Å². The van der Waals surface area contributed by atoms with Crippen LogP contribution in [-0.4, -0.2) is 50.4 Å². The van der Waals surface area contributed by atoms with E-state index in [0.29, 0.717) is 0 Å². The van der Waals surface area contributed by atoms with Gasteiger partial charge in [-0.2, -0.15) is 0 Å². The number of carbonyl (C=O) groups excluding carboxylic acids is 4. The van der Waals surface area contributed by atoms with Crippen LogP contribution in [-0.2, 0) is 9.59 Å². The average molecular weight is 345 g/mol. The third kappa shape index (κ3) is 2.39. The summed E-state index contributed by atoms with van der Waals surface area (Å²) in [7, 11) is 0. The summed E-state index contributed by atoms with van der Waals surface area (Å²) in [5.74, 6) is -2.62. The molecule has 2 aliphatic rings. The van der Waals surface area contributed by atoms with Crippen molar-refractivity contribution in [3.05, 3.63) is 39.4 Å². The zero-order valence-electron chi connectivity index (χ0n) is 13.6. The van der Waals surface area contributed by atoms with Gasteiger partial charge in [0.25, 0.3) is 23.4 Å². The van der Waals surface area contributed by atoms with Crippen molar-refractivity contribution in [2.75, 3.05) is 0 Å². The van der Waals surface area contributed by atoms with Crippen LogP contribution in [0, 0.1) is 10.1 Å². The number of imide groups is 2. The Hall–Kier alpha value is -3.10. The van der Waals surface area contributed by atoms with Gasteiger partial charge in [-0.1, -0.05) is 6.07 Å². The largest absolute Gasteiger partial charge is 0.282 e. The number of rotatable bonds is 3. The Kier molecular flexibility index (Phi) is 3.86. The van der Waals surface area contributed by atoms with Crippen LogP contribution < -0.4 is 0 Å². The normalized spacial score (nSPS) is 20.5. The first-order chi connectivity index (χ1) is 11.8. The zero-order chi connectivity index (χ0) is 18.5. The molecule has 4 amide bonds. The minimum absolute atomic E-state index is 0.0140. The minimum atomic E-state index is -1.13. The Morgan fingerprint density at radius 3 is 2.44 bits per heavy atom. The van der Waals surface area contributed by atoms with Crippen LogP contribution in [0.3, 0.4) is 0 Å². The maximum Gasteiger partial charge on any atom is 0.282 e. The lowest BCUT2D eigenvalue weighted by molar-refractivity contribution is -0.385. The lowest BCUT2D eigenvalue weighted by Crippen LogP contribution is -2.57. The molecule has 0 bridgehead atoms. The number of nitrogens with zero attached hydrogens (tertiary/aromatic N) is 3. The van der Waals surface area contributed by atoms with E-state index in [2.05, 4.69) is 0 Å². The van der Waals surface area contributed by atoms with Crippen LogP contribution >= 0.6 is 0 Å². The lowest BCUT2D eigenvalue weighted by atomic mass is 10.0. The van der Waals surface area contributed by atoms with Crippen LogP contribution in [0.15, 0.2) is 18.2 Å². The number of nitro groups is 1. The maximum absolute atomic E-state index is 12.7. The van der Waals surface area contributed by atoms with Crippen molar-refractivity contribution in [2.24, 2.45) is 0 Å². The number of hydrogen-bond donors (Lipinski definition) is 0. The Balaban J connectivity index is 2.03. The van der Waals surface area contributed by atoms with E-state index in [0.717, 1.165) is 15.9 Å². The van der Waals surface area contributed by atoms with E-state index in [4.69, 9.17) is 0 Å². The molecular formula is C16H15N3O6. The molecule has 9 heteroatoms. The number of likely N-dealkylation sites (tertiary alicyclic amines) is 1. The van der Waals surface area contributed by atoms with Crippen molar-refractivity contribution < 1.29 is 24.1 Å². The summed E-state index contributed by atoms with van der Waals surface area (Å²) in [4.78, 5) is 62.1. The zero-order valence-corrected chi connectivity index (χ0v) is 13.6. The predicted molar refractivity (Wildman–Crippen MR) is 83.6 cm³/mol. The van der Waals surface area contributed by atoms with Gasteiger partial charge in [0.1, 0.15) is 11.6 Å². The highest BCUT2D eigenvalue weighted by Crippen LogP contribution is 2.34. The highest BCUT2D eigenvalue weighted by Gasteiger charge is 2.49. The van der Waals surface area contributed by atoms with E-state index in [1.807, 2.05) is 0 Å². The second-order valence-electron chi connectivity index (χ2n) is 6.19. The van der Waals surface area contributed by atoms with Gasteiger partial charge in [-0.05, 0) is 26.3 Å². The molecule has 1 unspecified atom stereocenters. The van der Waals surface area contributed by atoms with Gasteiger partial charge in [0, 0.05) is 18.5 Å². The van der Waals surface area contributed by atoms with Crippen LogP contribution in [0.5, 0.6) is 0 Å². The van der Waals surface area contributed by atoms with Crippen molar-refractivity contribution in [1.29, 1.82) is 0 Å². The number of piperidine rings is 1. The third-order valence-corrected chi connectivity index (χ3v) is 4.37. The first-order valence-corrected chi connectivity index (χ1v) is 7.77. The molecule has 1 aromatic carbocycles. The van der Waals surface area contributed by atoms with Gasteiger partial charge in [0.2, 0.25) is 5.91 Å². The molecule has 3 rings (SSSR count). The molecule has 25 heavy (non-hydrogen) atoms. The molecule has 0 saturated carbocycles. The number of hydrogen-bond acceptors (Lipinski definition) is 6. The van der Waals surface area contributed by atoms with E-state index in [-0.39, 0.29) is 29.9 Å².